The van der Waals surface area contributed by atoms with E-state index in [1.54, 1.807) is 42.5 Å². The molecule has 0 saturated carbocycles. The van der Waals surface area contributed by atoms with Crippen LogP contribution in [0.5, 0.6) is 11.5 Å². The fourth-order valence-electron chi connectivity index (χ4n) is 3.37. The number of carbonyl (C=O) groups is 4. The molecule has 4 amide bonds. The van der Waals surface area contributed by atoms with Crippen LogP contribution >= 0.6 is 11.6 Å². The SMILES string of the molecule is COc1cc(/C=C2\C(=O)NC(=O)N(Cc3ccccc3)C2=O)ccc1OC(=O)c1ccc(Cl)cc1. The largest absolute Gasteiger partial charge is 0.493 e. The summed E-state index contributed by atoms with van der Waals surface area (Å²) in [6.45, 7) is 0.0129. The Bertz CT molecular complexity index is 1340. The number of esters is 1. The fourth-order valence-corrected chi connectivity index (χ4v) is 3.50. The summed E-state index contributed by atoms with van der Waals surface area (Å²) in [6, 6.07) is 18.9. The first-order valence-electron chi connectivity index (χ1n) is 10.4. The number of hydrogen-bond donors (Lipinski definition) is 1. The topological polar surface area (TPSA) is 102 Å². The van der Waals surface area contributed by atoms with Gasteiger partial charge in [0.25, 0.3) is 11.8 Å². The molecule has 3 aromatic rings. The highest BCUT2D eigenvalue weighted by Crippen LogP contribution is 2.30. The van der Waals surface area contributed by atoms with E-state index < -0.39 is 23.8 Å². The van der Waals surface area contributed by atoms with Crippen LogP contribution in [0.1, 0.15) is 21.5 Å². The summed E-state index contributed by atoms with van der Waals surface area (Å²) in [5, 5.41) is 2.68. The molecule has 0 unspecified atom stereocenters. The lowest BCUT2D eigenvalue weighted by Gasteiger charge is -2.26. The minimum atomic E-state index is -0.804. The van der Waals surface area contributed by atoms with Crippen LogP contribution in [0.15, 0.2) is 78.4 Å². The molecule has 1 aliphatic rings. The van der Waals surface area contributed by atoms with Crippen LogP contribution in [0.4, 0.5) is 4.79 Å². The van der Waals surface area contributed by atoms with E-state index >= 15 is 0 Å². The molecule has 0 aliphatic carbocycles. The molecule has 8 nitrogen and oxygen atoms in total. The summed E-state index contributed by atoms with van der Waals surface area (Å²) in [5.41, 5.74) is 1.25. The van der Waals surface area contributed by atoms with Gasteiger partial charge in [-0.1, -0.05) is 48.0 Å². The van der Waals surface area contributed by atoms with Crippen molar-refractivity contribution in [2.75, 3.05) is 7.11 Å². The molecule has 9 heteroatoms. The highest BCUT2D eigenvalue weighted by molar-refractivity contribution is 6.31. The van der Waals surface area contributed by atoms with Gasteiger partial charge >= 0.3 is 12.0 Å². The van der Waals surface area contributed by atoms with E-state index in [9.17, 15) is 19.2 Å². The van der Waals surface area contributed by atoms with E-state index in [0.717, 1.165) is 10.5 Å². The number of benzene rings is 3. The van der Waals surface area contributed by atoms with Crippen molar-refractivity contribution in [1.82, 2.24) is 10.2 Å². The Kier molecular flexibility index (Phi) is 6.93. The molecule has 1 saturated heterocycles. The Morgan fingerprint density at radius 2 is 1.69 bits per heavy atom. The van der Waals surface area contributed by atoms with Crippen LogP contribution in [0.25, 0.3) is 6.08 Å². The Labute approximate surface area is 205 Å². The smallest absolute Gasteiger partial charge is 0.343 e. The van der Waals surface area contributed by atoms with Crippen molar-refractivity contribution in [2.45, 2.75) is 6.54 Å². The molecule has 0 spiro atoms. The average Bonchev–Trinajstić information content (AvgIpc) is 2.86. The Morgan fingerprint density at radius 3 is 2.37 bits per heavy atom. The molecule has 0 bridgehead atoms. The molecule has 0 atom stereocenters. The third-order valence-electron chi connectivity index (χ3n) is 5.15. The van der Waals surface area contributed by atoms with Crippen LogP contribution < -0.4 is 14.8 Å². The number of halogens is 1. The third-order valence-corrected chi connectivity index (χ3v) is 5.40. The molecule has 1 aliphatic heterocycles. The quantitative estimate of drug-likeness (QED) is 0.240. The summed E-state index contributed by atoms with van der Waals surface area (Å²) in [5.74, 6) is -1.78. The van der Waals surface area contributed by atoms with Gasteiger partial charge in [0, 0.05) is 5.02 Å². The molecular weight excluding hydrogens is 472 g/mol. The second-order valence-electron chi connectivity index (χ2n) is 7.50. The second-order valence-corrected chi connectivity index (χ2v) is 7.94. The highest BCUT2D eigenvalue weighted by atomic mass is 35.5. The maximum absolute atomic E-state index is 13.0. The van der Waals surface area contributed by atoms with Gasteiger partial charge in [-0.25, -0.2) is 9.59 Å². The van der Waals surface area contributed by atoms with Crippen LogP contribution in [0.3, 0.4) is 0 Å². The average molecular weight is 491 g/mol. The van der Waals surface area contributed by atoms with E-state index in [4.69, 9.17) is 21.1 Å². The Morgan fingerprint density at radius 1 is 0.971 bits per heavy atom. The molecular formula is C26H19ClN2O6. The minimum Gasteiger partial charge on any atom is -0.493 e. The molecule has 35 heavy (non-hydrogen) atoms. The number of methoxy groups -OCH3 is 1. The summed E-state index contributed by atoms with van der Waals surface area (Å²) < 4.78 is 10.7. The van der Waals surface area contributed by atoms with Crippen molar-refractivity contribution < 1.29 is 28.7 Å². The number of carbonyl (C=O) groups excluding carboxylic acids is 4. The van der Waals surface area contributed by atoms with E-state index in [1.807, 2.05) is 6.07 Å². The van der Waals surface area contributed by atoms with Gasteiger partial charge in [0.2, 0.25) is 0 Å². The molecule has 4 rings (SSSR count). The lowest BCUT2D eigenvalue weighted by Crippen LogP contribution is -2.53. The number of rotatable bonds is 6. The van der Waals surface area contributed by atoms with Crippen LogP contribution in [-0.2, 0) is 16.1 Å². The monoisotopic (exact) mass is 490 g/mol. The van der Waals surface area contributed by atoms with Crippen LogP contribution in [-0.4, -0.2) is 35.8 Å². The molecule has 1 N–H and O–H groups in total. The highest BCUT2D eigenvalue weighted by Gasteiger charge is 2.35. The van der Waals surface area contributed by atoms with Crippen molar-refractivity contribution in [3.8, 4) is 11.5 Å². The van der Waals surface area contributed by atoms with Crippen molar-refractivity contribution in [2.24, 2.45) is 0 Å². The fraction of sp³-hybridized carbons (Fsp3) is 0.0769. The van der Waals surface area contributed by atoms with Gasteiger partial charge in [-0.3, -0.25) is 19.8 Å². The van der Waals surface area contributed by atoms with Crippen molar-refractivity contribution in [3.05, 3.63) is 100 Å². The predicted octanol–water partition coefficient (Wildman–Crippen LogP) is 4.23. The molecule has 0 aromatic heterocycles. The standard InChI is InChI=1S/C26H19ClN2O6/c1-34-22-14-17(7-12-21(22)35-25(32)18-8-10-19(27)11-9-18)13-20-23(30)28-26(33)29(24(20)31)15-16-5-3-2-4-6-16/h2-14H,15H2,1H3,(H,28,30,33)/b20-13+. The first kappa shape index (κ1) is 23.7. The maximum Gasteiger partial charge on any atom is 0.343 e. The van der Waals surface area contributed by atoms with Crippen LogP contribution in [0.2, 0.25) is 5.02 Å². The first-order valence-corrected chi connectivity index (χ1v) is 10.8. The maximum atomic E-state index is 13.0. The van der Waals surface area contributed by atoms with E-state index in [1.165, 1.54) is 37.5 Å². The van der Waals surface area contributed by atoms with Gasteiger partial charge in [-0.2, -0.15) is 0 Å². The van der Waals surface area contributed by atoms with E-state index in [-0.39, 0.29) is 23.6 Å². The summed E-state index contributed by atoms with van der Waals surface area (Å²) in [4.78, 5) is 51.0. The van der Waals surface area contributed by atoms with Crippen molar-refractivity contribution in [3.63, 3.8) is 0 Å². The summed E-state index contributed by atoms with van der Waals surface area (Å²) >= 11 is 5.85. The molecule has 3 aromatic carbocycles. The summed E-state index contributed by atoms with van der Waals surface area (Å²) in [7, 11) is 1.39. The summed E-state index contributed by atoms with van der Waals surface area (Å²) in [6.07, 6.45) is 1.34. The van der Waals surface area contributed by atoms with Gasteiger partial charge in [-0.15, -0.1) is 0 Å². The molecule has 1 heterocycles. The third kappa shape index (κ3) is 5.39. The van der Waals surface area contributed by atoms with Gasteiger partial charge in [0.15, 0.2) is 11.5 Å². The van der Waals surface area contributed by atoms with Crippen molar-refractivity contribution in [1.29, 1.82) is 0 Å². The first-order chi connectivity index (χ1) is 16.9. The number of nitrogens with zero attached hydrogens (tertiary/aromatic N) is 1. The number of nitrogens with one attached hydrogen (secondary N) is 1. The number of barbiturate groups is 1. The van der Waals surface area contributed by atoms with Gasteiger partial charge < -0.3 is 9.47 Å². The van der Waals surface area contributed by atoms with E-state index in [2.05, 4.69) is 5.32 Å². The molecule has 1 fully saturated rings. The number of hydrogen-bond acceptors (Lipinski definition) is 6. The minimum absolute atomic E-state index is 0.0129. The molecule has 176 valence electrons. The molecule has 0 radical (unpaired) electrons. The second kappa shape index (κ2) is 10.2. The van der Waals surface area contributed by atoms with Gasteiger partial charge in [0.1, 0.15) is 5.57 Å². The lowest BCUT2D eigenvalue weighted by atomic mass is 10.1. The van der Waals surface area contributed by atoms with Crippen LogP contribution in [0, 0.1) is 0 Å². The zero-order valence-electron chi connectivity index (χ0n) is 18.5. The number of imide groups is 2. The van der Waals surface area contributed by atoms with E-state index in [0.29, 0.717) is 16.1 Å². The number of amides is 4. The zero-order chi connectivity index (χ0) is 24.9. The normalized spacial score (nSPS) is 14.6. The van der Waals surface area contributed by atoms with Crippen molar-refractivity contribution >= 4 is 41.5 Å². The number of urea groups is 1. The lowest BCUT2D eigenvalue weighted by molar-refractivity contribution is -0.130. The zero-order valence-corrected chi connectivity index (χ0v) is 19.2. The van der Waals surface area contributed by atoms with Gasteiger partial charge in [-0.05, 0) is 53.6 Å². The predicted molar refractivity (Wildman–Crippen MR) is 128 cm³/mol. The Hall–Kier alpha value is -4.43. The number of ether oxygens (including phenoxy) is 2. The Balaban J connectivity index is 1.57. The van der Waals surface area contributed by atoms with Gasteiger partial charge in [0.05, 0.1) is 19.2 Å².